The highest BCUT2D eigenvalue weighted by atomic mass is 32.2. The van der Waals surface area contributed by atoms with Gasteiger partial charge in [0, 0.05) is 37.8 Å². The molecule has 5 nitrogen and oxygen atoms in total. The van der Waals surface area contributed by atoms with Crippen LogP contribution in [-0.4, -0.2) is 54.1 Å². The van der Waals surface area contributed by atoms with Crippen molar-refractivity contribution in [3.8, 4) is 0 Å². The van der Waals surface area contributed by atoms with Gasteiger partial charge in [-0.05, 0) is 25.0 Å². The molecule has 2 unspecified atom stereocenters. The second-order valence-electron chi connectivity index (χ2n) is 5.83. The summed E-state index contributed by atoms with van der Waals surface area (Å²) in [5, 5.41) is 6.66. The van der Waals surface area contributed by atoms with Gasteiger partial charge in [0.2, 0.25) is 0 Å². The van der Waals surface area contributed by atoms with Crippen molar-refractivity contribution >= 4 is 34.3 Å². The minimum absolute atomic E-state index is 0.00607. The quantitative estimate of drug-likeness (QED) is 0.863. The fourth-order valence-electron chi connectivity index (χ4n) is 2.70. The van der Waals surface area contributed by atoms with Gasteiger partial charge in [0.05, 0.1) is 12.2 Å². The third-order valence-electron chi connectivity index (χ3n) is 3.97. The van der Waals surface area contributed by atoms with Gasteiger partial charge >= 0.3 is 6.03 Å². The van der Waals surface area contributed by atoms with E-state index in [9.17, 15) is 4.79 Å². The third-order valence-corrected chi connectivity index (χ3v) is 6.26. The Bertz CT molecular complexity index is 492. The van der Waals surface area contributed by atoms with Crippen LogP contribution in [-0.2, 0) is 6.54 Å². The van der Waals surface area contributed by atoms with Gasteiger partial charge in [0.15, 0.2) is 5.13 Å². The van der Waals surface area contributed by atoms with Crippen LogP contribution in [0, 0.1) is 0 Å². The van der Waals surface area contributed by atoms with E-state index in [2.05, 4.69) is 17.2 Å². The molecule has 1 saturated carbocycles. The van der Waals surface area contributed by atoms with Crippen LogP contribution in [0.15, 0.2) is 5.38 Å². The van der Waals surface area contributed by atoms with Gasteiger partial charge in [-0.15, -0.1) is 11.3 Å². The average molecular weight is 343 g/mol. The second-order valence-corrected chi connectivity index (χ2v) is 8.24. The lowest BCUT2D eigenvalue weighted by atomic mass is 10.2. The lowest BCUT2D eigenvalue weighted by molar-refractivity contribution is 0.190. The number of nitrogens with zero attached hydrogens (tertiary/aromatic N) is 3. The van der Waals surface area contributed by atoms with E-state index in [1.807, 2.05) is 48.1 Å². The number of amides is 2. The lowest BCUT2D eigenvalue weighted by Crippen LogP contribution is -2.42. The maximum Gasteiger partial charge on any atom is 0.317 e. The van der Waals surface area contributed by atoms with Gasteiger partial charge in [-0.3, -0.25) is 0 Å². The molecule has 1 aliphatic carbocycles. The van der Waals surface area contributed by atoms with E-state index >= 15 is 0 Å². The number of carbonyl (C=O) groups excluding carboxylic acids is 1. The summed E-state index contributed by atoms with van der Waals surface area (Å²) in [5.41, 5.74) is 0.918. The summed E-state index contributed by atoms with van der Waals surface area (Å²) in [6.07, 6.45) is 3.45. The average Bonchev–Trinajstić information content (AvgIpc) is 3.13. The molecule has 124 valence electrons. The Kier molecular flexibility index (Phi) is 6.37. The maximum atomic E-state index is 12.3. The molecule has 0 aromatic carbocycles. The Labute approximate surface area is 141 Å². The largest absolute Gasteiger partial charge is 0.354 e. The molecule has 2 amide bonds. The zero-order valence-corrected chi connectivity index (χ0v) is 15.5. The molecule has 1 N–H and O–H groups in total. The molecule has 0 saturated heterocycles. The maximum absolute atomic E-state index is 12.3. The number of hydrogen-bond acceptors (Lipinski definition) is 5. The highest BCUT2D eigenvalue weighted by Crippen LogP contribution is 2.32. The Morgan fingerprint density at radius 1 is 1.45 bits per heavy atom. The van der Waals surface area contributed by atoms with E-state index < -0.39 is 0 Å². The predicted octanol–water partition coefficient (Wildman–Crippen LogP) is 3.02. The summed E-state index contributed by atoms with van der Waals surface area (Å²) >= 11 is 3.61. The Hall–Kier alpha value is -0.950. The number of anilines is 1. The van der Waals surface area contributed by atoms with Gasteiger partial charge in [0.25, 0.3) is 0 Å². The van der Waals surface area contributed by atoms with Gasteiger partial charge in [-0.25, -0.2) is 9.78 Å². The molecule has 1 aliphatic rings. The zero-order valence-electron chi connectivity index (χ0n) is 13.8. The first kappa shape index (κ1) is 17.4. The van der Waals surface area contributed by atoms with Crippen molar-refractivity contribution in [3.63, 3.8) is 0 Å². The van der Waals surface area contributed by atoms with E-state index in [1.165, 1.54) is 6.42 Å². The minimum Gasteiger partial charge on any atom is -0.354 e. The zero-order chi connectivity index (χ0) is 16.1. The SMILES string of the molecule is CCSC1CCC(N(C)C(=O)NCc2csc(N(C)C)n2)C1. The fraction of sp³-hybridized carbons (Fsp3) is 0.733. The first-order valence-corrected chi connectivity index (χ1v) is 9.68. The topological polar surface area (TPSA) is 48.5 Å². The summed E-state index contributed by atoms with van der Waals surface area (Å²) in [6.45, 7) is 2.69. The van der Waals surface area contributed by atoms with Crippen LogP contribution in [0.5, 0.6) is 0 Å². The smallest absolute Gasteiger partial charge is 0.317 e. The molecule has 7 heteroatoms. The molecule has 1 fully saturated rings. The molecule has 0 spiro atoms. The van der Waals surface area contributed by atoms with E-state index in [-0.39, 0.29) is 6.03 Å². The van der Waals surface area contributed by atoms with Crippen LogP contribution in [0.25, 0.3) is 0 Å². The van der Waals surface area contributed by atoms with Crippen molar-refractivity contribution in [2.45, 2.75) is 44.0 Å². The van der Waals surface area contributed by atoms with Crippen molar-refractivity contribution in [2.75, 3.05) is 31.8 Å². The Morgan fingerprint density at radius 3 is 2.86 bits per heavy atom. The van der Waals surface area contributed by atoms with Crippen LogP contribution in [0.1, 0.15) is 31.9 Å². The van der Waals surface area contributed by atoms with Gasteiger partial charge in [0.1, 0.15) is 0 Å². The first-order chi connectivity index (χ1) is 10.5. The van der Waals surface area contributed by atoms with Gasteiger partial charge in [-0.2, -0.15) is 11.8 Å². The van der Waals surface area contributed by atoms with Gasteiger partial charge < -0.3 is 15.1 Å². The molecule has 2 atom stereocenters. The fourth-order valence-corrected chi connectivity index (χ4v) is 4.59. The predicted molar refractivity (Wildman–Crippen MR) is 96.0 cm³/mol. The van der Waals surface area contributed by atoms with Crippen molar-refractivity contribution in [2.24, 2.45) is 0 Å². The van der Waals surface area contributed by atoms with E-state index in [0.29, 0.717) is 17.8 Å². The molecular weight excluding hydrogens is 316 g/mol. The van der Waals surface area contributed by atoms with Crippen molar-refractivity contribution in [1.82, 2.24) is 15.2 Å². The molecule has 1 aromatic rings. The minimum atomic E-state index is 0.00607. The van der Waals surface area contributed by atoms with Crippen molar-refractivity contribution in [1.29, 1.82) is 0 Å². The highest BCUT2D eigenvalue weighted by Gasteiger charge is 2.29. The van der Waals surface area contributed by atoms with Crippen molar-refractivity contribution < 1.29 is 4.79 Å². The number of aromatic nitrogens is 1. The number of rotatable bonds is 6. The van der Waals surface area contributed by atoms with Crippen LogP contribution >= 0.6 is 23.1 Å². The number of thioether (sulfide) groups is 1. The normalized spacial score (nSPS) is 20.9. The summed E-state index contributed by atoms with van der Waals surface area (Å²) in [4.78, 5) is 20.6. The standard InChI is InChI=1S/C15H26N4OS2/c1-5-21-13-7-6-12(8-13)19(4)14(20)16-9-11-10-22-15(17-11)18(2)3/h10,12-13H,5-9H2,1-4H3,(H,16,20). The van der Waals surface area contributed by atoms with Crippen molar-refractivity contribution in [3.05, 3.63) is 11.1 Å². The van der Waals surface area contributed by atoms with E-state index in [4.69, 9.17) is 0 Å². The monoisotopic (exact) mass is 342 g/mol. The molecule has 1 heterocycles. The molecule has 0 aliphatic heterocycles. The summed E-state index contributed by atoms with van der Waals surface area (Å²) < 4.78 is 0. The number of nitrogens with one attached hydrogen (secondary N) is 1. The molecule has 2 rings (SSSR count). The Morgan fingerprint density at radius 2 is 2.23 bits per heavy atom. The van der Waals surface area contributed by atoms with Crippen LogP contribution in [0.2, 0.25) is 0 Å². The first-order valence-electron chi connectivity index (χ1n) is 7.75. The Balaban J connectivity index is 1.79. The highest BCUT2D eigenvalue weighted by molar-refractivity contribution is 7.99. The van der Waals surface area contributed by atoms with E-state index in [1.54, 1.807) is 11.3 Å². The number of urea groups is 1. The summed E-state index contributed by atoms with van der Waals surface area (Å²) in [5.74, 6) is 1.16. The van der Waals surface area contributed by atoms with Crippen LogP contribution in [0.4, 0.5) is 9.93 Å². The summed E-state index contributed by atoms with van der Waals surface area (Å²) in [7, 11) is 5.85. The summed E-state index contributed by atoms with van der Waals surface area (Å²) in [6, 6.07) is 0.378. The third kappa shape index (κ3) is 4.52. The molecule has 0 radical (unpaired) electrons. The number of hydrogen-bond donors (Lipinski definition) is 1. The number of carbonyl (C=O) groups is 1. The molecule has 0 bridgehead atoms. The molecular formula is C15H26N4OS2. The molecule has 1 aromatic heterocycles. The van der Waals surface area contributed by atoms with E-state index in [0.717, 1.165) is 29.4 Å². The molecule has 22 heavy (non-hydrogen) atoms. The number of thiazole rings is 1. The van der Waals surface area contributed by atoms with Crippen LogP contribution < -0.4 is 10.2 Å². The van der Waals surface area contributed by atoms with Gasteiger partial charge in [-0.1, -0.05) is 6.92 Å². The lowest BCUT2D eigenvalue weighted by Gasteiger charge is -2.24. The van der Waals surface area contributed by atoms with Crippen LogP contribution in [0.3, 0.4) is 0 Å². The second kappa shape index (κ2) is 8.06.